The maximum absolute atomic E-state index is 9.10. The largest absolute Gasteiger partial charge is 0.396 e. The first-order valence-electron chi connectivity index (χ1n) is 7.75. The summed E-state index contributed by atoms with van der Waals surface area (Å²) in [7, 11) is 0. The minimum absolute atomic E-state index is 0.319. The van der Waals surface area contributed by atoms with E-state index in [2.05, 4.69) is 58.7 Å². The maximum atomic E-state index is 9.10. The molecule has 0 aromatic heterocycles. The summed E-state index contributed by atoms with van der Waals surface area (Å²) in [6, 6.07) is 9.83. The van der Waals surface area contributed by atoms with Crippen LogP contribution < -0.4 is 0 Å². The minimum atomic E-state index is 0.319. The summed E-state index contributed by atoms with van der Waals surface area (Å²) < 4.78 is 1.32. The zero-order valence-electron chi connectivity index (χ0n) is 12.2. The van der Waals surface area contributed by atoms with Gasteiger partial charge in [0.15, 0.2) is 0 Å². The fourth-order valence-electron chi connectivity index (χ4n) is 4.31. The predicted octanol–water partition coefficient (Wildman–Crippen LogP) is 3.77. The second kappa shape index (κ2) is 5.93. The number of piperidine rings is 1. The number of aliphatic hydroxyl groups is 1. The number of halogens is 1. The molecule has 0 spiro atoms. The third-order valence-electron chi connectivity index (χ3n) is 5.29. The molecule has 3 heteroatoms. The molecule has 0 amide bonds. The Bertz CT molecular complexity index is 461. The molecule has 3 rings (SSSR count). The number of benzene rings is 1. The van der Waals surface area contributed by atoms with Gasteiger partial charge in [-0.1, -0.05) is 12.1 Å². The van der Waals surface area contributed by atoms with Crippen molar-refractivity contribution in [3.63, 3.8) is 0 Å². The van der Waals surface area contributed by atoms with E-state index in [-0.39, 0.29) is 0 Å². The van der Waals surface area contributed by atoms with Gasteiger partial charge >= 0.3 is 0 Å². The Labute approximate surface area is 135 Å². The van der Waals surface area contributed by atoms with E-state index < -0.39 is 0 Å². The van der Waals surface area contributed by atoms with Crippen LogP contribution in [0.3, 0.4) is 0 Å². The SMILES string of the molecule is C[C@@]12CC[C@@H](C[C@H](c3ccc(I)cc3)C1)N2CCCO. The average Bonchev–Trinajstić information content (AvgIpc) is 2.62. The van der Waals surface area contributed by atoms with Crippen LogP contribution in [0.1, 0.15) is 50.5 Å². The van der Waals surface area contributed by atoms with Gasteiger partial charge in [-0.15, -0.1) is 0 Å². The second-order valence-corrected chi connectivity index (χ2v) is 7.89. The fraction of sp³-hybridized carbons (Fsp3) is 0.647. The van der Waals surface area contributed by atoms with E-state index >= 15 is 0 Å². The van der Waals surface area contributed by atoms with Gasteiger partial charge in [0.05, 0.1) is 0 Å². The molecule has 2 bridgehead atoms. The van der Waals surface area contributed by atoms with Crippen molar-refractivity contribution in [1.82, 2.24) is 4.90 Å². The molecular formula is C17H24INO. The topological polar surface area (TPSA) is 23.5 Å². The summed E-state index contributed by atoms with van der Waals surface area (Å²) in [4.78, 5) is 2.69. The number of hydrogen-bond donors (Lipinski definition) is 1. The summed E-state index contributed by atoms with van der Waals surface area (Å²) in [5.74, 6) is 0.717. The van der Waals surface area contributed by atoms with Crippen LogP contribution in [0.2, 0.25) is 0 Å². The van der Waals surface area contributed by atoms with Gasteiger partial charge in [0.1, 0.15) is 0 Å². The molecule has 0 radical (unpaired) electrons. The van der Waals surface area contributed by atoms with Crippen LogP contribution in [0.25, 0.3) is 0 Å². The van der Waals surface area contributed by atoms with Crippen LogP contribution >= 0.6 is 22.6 Å². The van der Waals surface area contributed by atoms with Crippen molar-refractivity contribution in [2.24, 2.45) is 0 Å². The van der Waals surface area contributed by atoms with Gasteiger partial charge in [-0.05, 0) is 85.2 Å². The molecule has 2 saturated heterocycles. The second-order valence-electron chi connectivity index (χ2n) is 6.65. The van der Waals surface area contributed by atoms with Gasteiger partial charge in [-0.3, -0.25) is 4.90 Å². The lowest BCUT2D eigenvalue weighted by atomic mass is 9.79. The minimum Gasteiger partial charge on any atom is -0.396 e. The lowest BCUT2D eigenvalue weighted by molar-refractivity contribution is 0.0498. The maximum Gasteiger partial charge on any atom is 0.0443 e. The van der Waals surface area contributed by atoms with E-state index in [1.807, 2.05) is 0 Å². The molecule has 0 unspecified atom stereocenters. The number of hydrogen-bond acceptors (Lipinski definition) is 2. The number of rotatable bonds is 4. The number of nitrogens with zero attached hydrogens (tertiary/aromatic N) is 1. The van der Waals surface area contributed by atoms with Crippen molar-refractivity contribution in [2.45, 2.75) is 56.5 Å². The zero-order chi connectivity index (χ0) is 14.2. The Morgan fingerprint density at radius 3 is 2.75 bits per heavy atom. The Hall–Kier alpha value is -0.130. The summed E-state index contributed by atoms with van der Waals surface area (Å²) in [5, 5.41) is 9.10. The Kier molecular flexibility index (Phi) is 4.39. The molecule has 0 aliphatic carbocycles. The van der Waals surface area contributed by atoms with Crippen molar-refractivity contribution < 1.29 is 5.11 Å². The highest BCUT2D eigenvalue weighted by atomic mass is 127. The van der Waals surface area contributed by atoms with Gasteiger partial charge in [0, 0.05) is 28.3 Å². The van der Waals surface area contributed by atoms with Crippen LogP contribution in [0.5, 0.6) is 0 Å². The average molecular weight is 385 g/mol. The quantitative estimate of drug-likeness (QED) is 0.798. The molecule has 2 heterocycles. The lowest BCUT2D eigenvalue weighted by Gasteiger charge is -2.46. The van der Waals surface area contributed by atoms with E-state index in [4.69, 9.17) is 5.11 Å². The first kappa shape index (κ1) is 14.8. The van der Waals surface area contributed by atoms with Crippen molar-refractivity contribution in [3.8, 4) is 0 Å². The number of fused-ring (bicyclic) bond motifs is 2. The Balaban J connectivity index is 1.76. The van der Waals surface area contributed by atoms with E-state index in [9.17, 15) is 0 Å². The molecule has 3 atom stereocenters. The van der Waals surface area contributed by atoms with Crippen LogP contribution in [0, 0.1) is 3.57 Å². The van der Waals surface area contributed by atoms with Gasteiger partial charge in [0.2, 0.25) is 0 Å². The van der Waals surface area contributed by atoms with E-state index in [0.29, 0.717) is 12.1 Å². The van der Waals surface area contributed by atoms with Crippen LogP contribution in [0.4, 0.5) is 0 Å². The highest BCUT2D eigenvalue weighted by Gasteiger charge is 2.48. The van der Waals surface area contributed by atoms with Crippen molar-refractivity contribution in [3.05, 3.63) is 33.4 Å². The predicted molar refractivity (Wildman–Crippen MR) is 91.0 cm³/mol. The standard InChI is InChI=1S/C17H24INO/c1-17-8-7-16(19(17)9-2-10-20)11-14(12-17)13-3-5-15(18)6-4-13/h3-6,14,16,20H,2,7-12H2,1H3/t14-,16-,17+/m0/s1. The molecule has 2 fully saturated rings. The molecule has 2 nitrogen and oxygen atoms in total. The molecule has 2 aliphatic heterocycles. The third-order valence-corrected chi connectivity index (χ3v) is 6.01. The smallest absolute Gasteiger partial charge is 0.0443 e. The summed E-state index contributed by atoms with van der Waals surface area (Å²) in [6.45, 7) is 3.82. The van der Waals surface area contributed by atoms with Gasteiger partial charge in [0.25, 0.3) is 0 Å². The van der Waals surface area contributed by atoms with Crippen LogP contribution in [0.15, 0.2) is 24.3 Å². The molecule has 1 N–H and O–H groups in total. The van der Waals surface area contributed by atoms with Crippen LogP contribution in [-0.2, 0) is 0 Å². The Morgan fingerprint density at radius 1 is 1.35 bits per heavy atom. The lowest BCUT2D eigenvalue weighted by Crippen LogP contribution is -2.50. The molecule has 1 aromatic rings. The highest BCUT2D eigenvalue weighted by Crippen LogP contribution is 2.49. The van der Waals surface area contributed by atoms with Crippen LogP contribution in [-0.4, -0.2) is 34.7 Å². The molecule has 1 aromatic carbocycles. The molecule has 110 valence electrons. The van der Waals surface area contributed by atoms with Gasteiger partial charge in [-0.25, -0.2) is 0 Å². The Morgan fingerprint density at radius 2 is 2.10 bits per heavy atom. The normalized spacial score (nSPS) is 33.5. The van der Waals surface area contributed by atoms with E-state index in [1.54, 1.807) is 0 Å². The first-order chi connectivity index (χ1) is 9.62. The monoisotopic (exact) mass is 385 g/mol. The molecular weight excluding hydrogens is 361 g/mol. The summed E-state index contributed by atoms with van der Waals surface area (Å²) in [6.07, 6.45) is 6.14. The number of aliphatic hydroxyl groups excluding tert-OH is 1. The van der Waals surface area contributed by atoms with E-state index in [0.717, 1.165) is 24.9 Å². The van der Waals surface area contributed by atoms with Crippen molar-refractivity contribution >= 4 is 22.6 Å². The zero-order valence-corrected chi connectivity index (χ0v) is 14.3. The van der Waals surface area contributed by atoms with E-state index in [1.165, 1.54) is 34.8 Å². The first-order valence-corrected chi connectivity index (χ1v) is 8.83. The van der Waals surface area contributed by atoms with Gasteiger partial charge < -0.3 is 5.11 Å². The molecule has 2 aliphatic rings. The molecule has 0 saturated carbocycles. The van der Waals surface area contributed by atoms with Crippen molar-refractivity contribution in [1.29, 1.82) is 0 Å². The summed E-state index contributed by atoms with van der Waals surface area (Å²) >= 11 is 2.38. The highest BCUT2D eigenvalue weighted by molar-refractivity contribution is 14.1. The summed E-state index contributed by atoms with van der Waals surface area (Å²) in [5.41, 5.74) is 1.87. The van der Waals surface area contributed by atoms with Crippen molar-refractivity contribution in [2.75, 3.05) is 13.2 Å². The fourth-order valence-corrected chi connectivity index (χ4v) is 4.67. The molecule has 20 heavy (non-hydrogen) atoms. The van der Waals surface area contributed by atoms with Gasteiger partial charge in [-0.2, -0.15) is 0 Å². The third kappa shape index (κ3) is 2.77.